The fourth-order valence-corrected chi connectivity index (χ4v) is 4.97. The Morgan fingerprint density at radius 1 is 1.03 bits per heavy atom. The summed E-state index contributed by atoms with van der Waals surface area (Å²) in [5.74, 6) is 1.60. The minimum atomic E-state index is -0.533. The van der Waals surface area contributed by atoms with Gasteiger partial charge in [-0.05, 0) is 42.0 Å². The van der Waals surface area contributed by atoms with Crippen LogP contribution < -0.4 is 19.5 Å². The molecule has 9 nitrogen and oxygen atoms in total. The Balaban J connectivity index is 1.40. The molecule has 1 aromatic carbocycles. The number of likely N-dealkylation sites (tertiary alicyclic amines) is 1. The molecule has 0 radical (unpaired) electrons. The zero-order valence-corrected chi connectivity index (χ0v) is 21.4. The van der Waals surface area contributed by atoms with Gasteiger partial charge in [-0.3, -0.25) is 9.59 Å². The van der Waals surface area contributed by atoms with Crippen LogP contribution in [0.1, 0.15) is 35.1 Å². The number of ether oxygens (including phenoxy) is 3. The number of thiophene rings is 1. The van der Waals surface area contributed by atoms with E-state index in [1.165, 1.54) is 25.6 Å². The summed E-state index contributed by atoms with van der Waals surface area (Å²) in [7, 11) is 4.65. The molecule has 0 spiro atoms. The van der Waals surface area contributed by atoms with E-state index in [9.17, 15) is 9.59 Å². The van der Waals surface area contributed by atoms with Crippen LogP contribution in [-0.4, -0.2) is 61.1 Å². The van der Waals surface area contributed by atoms with Gasteiger partial charge < -0.3 is 24.4 Å². The average Bonchev–Trinajstić information content (AvgIpc) is 3.46. The monoisotopic (exact) mass is 510 g/mol. The number of nitrogens with one attached hydrogen (secondary N) is 1. The van der Waals surface area contributed by atoms with Crippen molar-refractivity contribution in [2.24, 2.45) is 5.92 Å². The van der Waals surface area contributed by atoms with Crippen molar-refractivity contribution in [2.45, 2.75) is 25.3 Å². The molecule has 4 rings (SSSR count). The van der Waals surface area contributed by atoms with E-state index in [2.05, 4.69) is 15.3 Å². The number of hydrogen-bond acceptors (Lipinski definition) is 8. The Labute approximate surface area is 214 Å². The van der Waals surface area contributed by atoms with Crippen LogP contribution in [-0.2, 0) is 16.0 Å². The molecule has 190 valence electrons. The number of carbonyl (C=O) groups is 2. The van der Waals surface area contributed by atoms with Crippen LogP contribution >= 0.6 is 11.3 Å². The van der Waals surface area contributed by atoms with Gasteiger partial charge in [0.1, 0.15) is 11.8 Å². The van der Waals surface area contributed by atoms with Crippen molar-refractivity contribution in [3.63, 3.8) is 0 Å². The highest BCUT2D eigenvalue weighted by Gasteiger charge is 2.30. The Morgan fingerprint density at radius 3 is 2.36 bits per heavy atom. The summed E-state index contributed by atoms with van der Waals surface area (Å²) in [6, 6.07) is 12.4. The fraction of sp³-hybridized carbons (Fsp3) is 0.385. The predicted octanol–water partition coefficient (Wildman–Crippen LogP) is 3.25. The van der Waals surface area contributed by atoms with E-state index in [4.69, 9.17) is 14.2 Å². The molecule has 0 bridgehead atoms. The molecule has 2 amide bonds. The van der Waals surface area contributed by atoms with Crippen molar-refractivity contribution in [3.8, 4) is 17.5 Å². The maximum absolute atomic E-state index is 13.3. The van der Waals surface area contributed by atoms with Gasteiger partial charge in [0, 0.05) is 23.9 Å². The molecule has 3 heterocycles. The number of rotatable bonds is 9. The largest absolute Gasteiger partial charge is 0.497 e. The second kappa shape index (κ2) is 11.9. The molecule has 10 heteroatoms. The summed E-state index contributed by atoms with van der Waals surface area (Å²) in [5, 5.41) is 5.07. The van der Waals surface area contributed by atoms with Gasteiger partial charge >= 0.3 is 0 Å². The second-order valence-corrected chi connectivity index (χ2v) is 9.43. The first-order valence-corrected chi connectivity index (χ1v) is 12.6. The molecule has 1 N–H and O–H groups in total. The molecule has 3 aromatic rings. The number of methoxy groups -OCH3 is 3. The molecule has 36 heavy (non-hydrogen) atoms. The van der Waals surface area contributed by atoms with Crippen LogP contribution in [0.5, 0.6) is 17.5 Å². The standard InChI is InChI=1S/C26H30N4O5S/c1-33-19-7-4-6-17(14-19)15-23(31)30-11-9-18(10-12-30)26(32)29-24(20-8-5-13-36-20)25-27-21(34-2)16-22(28-25)35-3/h4-8,13-14,16,18,24H,9-12,15H2,1-3H3,(H,29,32). The van der Waals surface area contributed by atoms with Gasteiger partial charge in [0.25, 0.3) is 0 Å². The number of hydrogen-bond donors (Lipinski definition) is 1. The van der Waals surface area contributed by atoms with Crippen LogP contribution in [0.2, 0.25) is 0 Å². The number of benzene rings is 1. The van der Waals surface area contributed by atoms with E-state index in [-0.39, 0.29) is 17.7 Å². The van der Waals surface area contributed by atoms with E-state index in [0.29, 0.717) is 49.9 Å². The highest BCUT2D eigenvalue weighted by atomic mass is 32.1. The third kappa shape index (κ3) is 6.12. The summed E-state index contributed by atoms with van der Waals surface area (Å²) in [5.41, 5.74) is 0.909. The quantitative estimate of drug-likeness (QED) is 0.471. The number of nitrogens with zero attached hydrogens (tertiary/aromatic N) is 3. The third-order valence-corrected chi connectivity index (χ3v) is 7.13. The smallest absolute Gasteiger partial charge is 0.226 e. The molecule has 2 aromatic heterocycles. The van der Waals surface area contributed by atoms with Crippen LogP contribution in [0.15, 0.2) is 47.8 Å². The van der Waals surface area contributed by atoms with Crippen LogP contribution in [0.4, 0.5) is 0 Å². The van der Waals surface area contributed by atoms with E-state index < -0.39 is 6.04 Å². The predicted molar refractivity (Wildman–Crippen MR) is 135 cm³/mol. The Bertz CT molecular complexity index is 1160. The average molecular weight is 511 g/mol. The lowest BCUT2D eigenvalue weighted by Crippen LogP contribution is -2.44. The van der Waals surface area contributed by atoms with Gasteiger partial charge in [-0.15, -0.1) is 11.3 Å². The van der Waals surface area contributed by atoms with Crippen molar-refractivity contribution in [1.82, 2.24) is 20.2 Å². The number of amides is 2. The molecule has 1 aliphatic rings. The lowest BCUT2D eigenvalue weighted by atomic mass is 9.95. The Hall–Kier alpha value is -3.66. The molecule has 0 aliphatic carbocycles. The van der Waals surface area contributed by atoms with E-state index >= 15 is 0 Å². The van der Waals surface area contributed by atoms with Crippen LogP contribution in [0.25, 0.3) is 0 Å². The molecule has 1 unspecified atom stereocenters. The van der Waals surface area contributed by atoms with Crippen molar-refractivity contribution in [1.29, 1.82) is 0 Å². The van der Waals surface area contributed by atoms with Crippen molar-refractivity contribution < 1.29 is 23.8 Å². The van der Waals surface area contributed by atoms with E-state index in [0.717, 1.165) is 16.2 Å². The zero-order chi connectivity index (χ0) is 25.5. The maximum atomic E-state index is 13.3. The van der Waals surface area contributed by atoms with Gasteiger partial charge in [-0.2, -0.15) is 9.97 Å². The first kappa shape index (κ1) is 25.4. The molecule has 0 saturated carbocycles. The third-order valence-electron chi connectivity index (χ3n) is 6.20. The summed E-state index contributed by atoms with van der Waals surface area (Å²) in [4.78, 5) is 37.8. The number of aromatic nitrogens is 2. The van der Waals surface area contributed by atoms with E-state index in [1.54, 1.807) is 13.2 Å². The summed E-state index contributed by atoms with van der Waals surface area (Å²) in [6.07, 6.45) is 1.49. The SMILES string of the molecule is COc1cccc(CC(=O)N2CCC(C(=O)NC(c3nc(OC)cc(OC)n3)c3cccs3)CC2)c1. The summed E-state index contributed by atoms with van der Waals surface area (Å²) in [6.45, 7) is 1.07. The molecule has 1 saturated heterocycles. The summed E-state index contributed by atoms with van der Waals surface area (Å²) >= 11 is 1.51. The van der Waals surface area contributed by atoms with Gasteiger partial charge in [0.15, 0.2) is 5.82 Å². The first-order chi connectivity index (χ1) is 17.5. The maximum Gasteiger partial charge on any atom is 0.226 e. The normalized spacial score (nSPS) is 14.7. The van der Waals surface area contributed by atoms with Gasteiger partial charge in [0.05, 0.1) is 33.8 Å². The minimum absolute atomic E-state index is 0.0513. The lowest BCUT2D eigenvalue weighted by molar-refractivity contribution is -0.135. The van der Waals surface area contributed by atoms with Crippen LogP contribution in [0, 0.1) is 5.92 Å². The van der Waals surface area contributed by atoms with Gasteiger partial charge in [-0.25, -0.2) is 0 Å². The first-order valence-electron chi connectivity index (χ1n) is 11.7. The molecule has 1 atom stereocenters. The highest BCUT2D eigenvalue weighted by molar-refractivity contribution is 7.10. The summed E-state index contributed by atoms with van der Waals surface area (Å²) < 4.78 is 15.8. The van der Waals surface area contributed by atoms with Crippen LogP contribution in [0.3, 0.4) is 0 Å². The minimum Gasteiger partial charge on any atom is -0.497 e. The van der Waals surface area contributed by atoms with Crippen molar-refractivity contribution in [3.05, 3.63) is 64.1 Å². The van der Waals surface area contributed by atoms with Gasteiger partial charge in [-0.1, -0.05) is 18.2 Å². The number of piperidine rings is 1. The highest BCUT2D eigenvalue weighted by Crippen LogP contribution is 2.28. The van der Waals surface area contributed by atoms with Crippen molar-refractivity contribution in [2.75, 3.05) is 34.4 Å². The van der Waals surface area contributed by atoms with Gasteiger partial charge in [0.2, 0.25) is 23.6 Å². The topological polar surface area (TPSA) is 103 Å². The molecule has 1 aliphatic heterocycles. The Morgan fingerprint density at radius 2 is 1.75 bits per heavy atom. The van der Waals surface area contributed by atoms with E-state index in [1.807, 2.05) is 46.7 Å². The fourth-order valence-electron chi connectivity index (χ4n) is 4.20. The zero-order valence-electron chi connectivity index (χ0n) is 20.6. The molecule has 1 fully saturated rings. The molecular formula is C26H30N4O5S. The molecular weight excluding hydrogens is 480 g/mol. The second-order valence-electron chi connectivity index (χ2n) is 8.45. The number of carbonyl (C=O) groups excluding carboxylic acids is 2. The van der Waals surface area contributed by atoms with Crippen molar-refractivity contribution >= 4 is 23.2 Å². The Kier molecular flexibility index (Phi) is 8.37. The lowest BCUT2D eigenvalue weighted by Gasteiger charge is -2.32.